The van der Waals surface area contributed by atoms with E-state index < -0.39 is 0 Å². The molecule has 3 aromatic heterocycles. The molecule has 0 bridgehead atoms. The number of aromatic nitrogens is 2. The highest BCUT2D eigenvalue weighted by Crippen LogP contribution is 2.40. The molecule has 3 heterocycles. The fourth-order valence-electron chi connectivity index (χ4n) is 8.19. The van der Waals surface area contributed by atoms with Crippen LogP contribution in [-0.4, -0.2) is 9.13 Å². The van der Waals surface area contributed by atoms with Gasteiger partial charge in [-0.2, -0.15) is 0 Å². The Balaban J connectivity index is 1.15. The molecule has 0 amide bonds. The minimum atomic E-state index is 0.903. The summed E-state index contributed by atoms with van der Waals surface area (Å²) < 4.78 is 11.0. The summed E-state index contributed by atoms with van der Waals surface area (Å²) >= 11 is 0. The van der Waals surface area contributed by atoms with Crippen LogP contribution in [0.15, 0.2) is 186 Å². The highest BCUT2D eigenvalue weighted by atomic mass is 16.3. The normalized spacial score (nSPS) is 11.9. The first-order chi connectivity index (χ1) is 25.3. The van der Waals surface area contributed by atoms with Crippen molar-refractivity contribution >= 4 is 65.6 Å². The molecule has 0 N–H and O–H groups in total. The van der Waals surface area contributed by atoms with Crippen molar-refractivity contribution < 1.29 is 4.42 Å². The van der Waals surface area contributed by atoms with Crippen molar-refractivity contribution in [3.8, 4) is 33.6 Å². The average molecular weight is 651 g/mol. The van der Waals surface area contributed by atoms with E-state index in [-0.39, 0.29) is 0 Å². The molecule has 11 rings (SSSR count). The summed E-state index contributed by atoms with van der Waals surface area (Å²) in [6, 6.07) is 65.7. The second kappa shape index (κ2) is 10.8. The fourth-order valence-corrected chi connectivity index (χ4v) is 8.19. The molecule has 3 heteroatoms. The van der Waals surface area contributed by atoms with Crippen molar-refractivity contribution in [2.24, 2.45) is 0 Å². The number of rotatable bonds is 4. The SMILES string of the molecule is c1ccc(-c2cc(-c3ccc4c(c3)c3ccccc3n4-c3ccc4oc5ccccc5c4c3)cc(-n3c4ccccc4c4ccccc43)c2)cc1. The molecule has 0 radical (unpaired) electrons. The van der Waals surface area contributed by atoms with E-state index in [1.54, 1.807) is 0 Å². The van der Waals surface area contributed by atoms with Crippen molar-refractivity contribution in [1.29, 1.82) is 0 Å². The Morgan fingerprint density at radius 2 is 0.804 bits per heavy atom. The maximum atomic E-state index is 6.18. The Morgan fingerprint density at radius 3 is 1.51 bits per heavy atom. The third-order valence-corrected chi connectivity index (χ3v) is 10.5. The van der Waals surface area contributed by atoms with Crippen LogP contribution < -0.4 is 0 Å². The zero-order chi connectivity index (χ0) is 33.5. The summed E-state index contributed by atoms with van der Waals surface area (Å²) in [6.07, 6.45) is 0. The van der Waals surface area contributed by atoms with E-state index in [1.807, 2.05) is 12.1 Å². The van der Waals surface area contributed by atoms with Crippen LogP contribution in [0.3, 0.4) is 0 Å². The summed E-state index contributed by atoms with van der Waals surface area (Å²) in [5.74, 6) is 0. The zero-order valence-corrected chi connectivity index (χ0v) is 27.6. The van der Waals surface area contributed by atoms with Gasteiger partial charge < -0.3 is 13.6 Å². The minimum Gasteiger partial charge on any atom is -0.456 e. The highest BCUT2D eigenvalue weighted by molar-refractivity contribution is 6.12. The van der Waals surface area contributed by atoms with Crippen LogP contribution in [-0.2, 0) is 0 Å². The Kier molecular flexibility index (Phi) is 5.96. The van der Waals surface area contributed by atoms with Gasteiger partial charge in [0.05, 0.1) is 22.1 Å². The van der Waals surface area contributed by atoms with Gasteiger partial charge in [0, 0.05) is 43.7 Å². The molecule has 8 aromatic carbocycles. The number of benzene rings is 8. The quantitative estimate of drug-likeness (QED) is 0.186. The number of furan rings is 1. The summed E-state index contributed by atoms with van der Waals surface area (Å²) in [6.45, 7) is 0. The van der Waals surface area contributed by atoms with Crippen molar-refractivity contribution in [2.45, 2.75) is 0 Å². The first-order valence-corrected chi connectivity index (χ1v) is 17.4. The van der Waals surface area contributed by atoms with Gasteiger partial charge in [0.2, 0.25) is 0 Å². The molecule has 0 atom stereocenters. The molecule has 3 nitrogen and oxygen atoms in total. The van der Waals surface area contributed by atoms with Gasteiger partial charge in [-0.15, -0.1) is 0 Å². The fraction of sp³-hybridized carbons (Fsp3) is 0. The lowest BCUT2D eigenvalue weighted by atomic mass is 9.96. The van der Waals surface area contributed by atoms with Gasteiger partial charge in [-0.1, -0.05) is 109 Å². The number of para-hydroxylation sites is 4. The van der Waals surface area contributed by atoms with E-state index in [0.717, 1.165) is 33.3 Å². The van der Waals surface area contributed by atoms with Crippen molar-refractivity contribution in [3.05, 3.63) is 182 Å². The largest absolute Gasteiger partial charge is 0.456 e. The third kappa shape index (κ3) is 4.25. The Morgan fingerprint density at radius 1 is 0.275 bits per heavy atom. The molecule has 0 aliphatic rings. The third-order valence-electron chi connectivity index (χ3n) is 10.5. The molecule has 238 valence electrons. The molecule has 0 aliphatic heterocycles. The van der Waals surface area contributed by atoms with Gasteiger partial charge in [-0.3, -0.25) is 0 Å². The van der Waals surface area contributed by atoms with Gasteiger partial charge in [0.25, 0.3) is 0 Å². The molecule has 51 heavy (non-hydrogen) atoms. The lowest BCUT2D eigenvalue weighted by molar-refractivity contribution is 0.669. The molecule has 0 saturated carbocycles. The van der Waals surface area contributed by atoms with Gasteiger partial charge in [0.1, 0.15) is 11.2 Å². The van der Waals surface area contributed by atoms with Crippen LogP contribution in [0.5, 0.6) is 0 Å². The predicted octanol–water partition coefficient (Wildman–Crippen LogP) is 13.1. The standard InChI is InChI=1S/C48H30N2O/c1-2-12-31(13-3-1)33-26-34(28-36(27-33)50-43-18-8-4-14-37(43)38-15-5-9-19-44(38)50)32-22-24-46-41(29-32)39-16-6-10-20-45(39)49(46)35-23-25-48-42(30-35)40-17-7-11-21-47(40)51-48/h1-30H. The highest BCUT2D eigenvalue weighted by Gasteiger charge is 2.17. The van der Waals surface area contributed by atoms with Crippen molar-refractivity contribution in [3.63, 3.8) is 0 Å². The summed E-state index contributed by atoms with van der Waals surface area (Å²) in [5, 5.41) is 7.24. The average Bonchev–Trinajstić information content (AvgIpc) is 3.85. The molecule has 0 spiro atoms. The second-order valence-electron chi connectivity index (χ2n) is 13.4. The summed E-state index contributed by atoms with van der Waals surface area (Å²) in [7, 11) is 0. The first-order valence-electron chi connectivity index (χ1n) is 17.4. The predicted molar refractivity (Wildman–Crippen MR) is 213 cm³/mol. The molecule has 0 unspecified atom stereocenters. The minimum absolute atomic E-state index is 0.903. The van der Waals surface area contributed by atoms with Crippen molar-refractivity contribution in [1.82, 2.24) is 9.13 Å². The molecule has 11 aromatic rings. The Labute approximate surface area is 293 Å². The Bertz CT molecular complexity index is 3090. The second-order valence-corrected chi connectivity index (χ2v) is 13.4. The number of hydrogen-bond donors (Lipinski definition) is 0. The zero-order valence-electron chi connectivity index (χ0n) is 27.6. The number of fused-ring (bicyclic) bond motifs is 9. The van der Waals surface area contributed by atoms with E-state index in [0.29, 0.717) is 0 Å². The lowest BCUT2D eigenvalue weighted by Gasteiger charge is -2.14. The summed E-state index contributed by atoms with van der Waals surface area (Å²) in [5.41, 5.74) is 13.6. The number of hydrogen-bond acceptors (Lipinski definition) is 1. The lowest BCUT2D eigenvalue weighted by Crippen LogP contribution is -1.96. The molecule has 0 saturated heterocycles. The maximum absolute atomic E-state index is 6.18. The molecule has 0 aliphatic carbocycles. The van der Waals surface area contributed by atoms with E-state index in [1.165, 1.54) is 65.9 Å². The molecular weight excluding hydrogens is 621 g/mol. The van der Waals surface area contributed by atoms with Crippen LogP contribution in [0.4, 0.5) is 0 Å². The Hall–Kier alpha value is -6.84. The van der Waals surface area contributed by atoms with E-state index in [4.69, 9.17) is 4.42 Å². The van der Waals surface area contributed by atoms with Crippen LogP contribution in [0.1, 0.15) is 0 Å². The van der Waals surface area contributed by atoms with Gasteiger partial charge in [0.15, 0.2) is 0 Å². The number of nitrogens with zero attached hydrogens (tertiary/aromatic N) is 2. The van der Waals surface area contributed by atoms with Crippen LogP contribution >= 0.6 is 0 Å². The topological polar surface area (TPSA) is 23.0 Å². The van der Waals surface area contributed by atoms with Gasteiger partial charge >= 0.3 is 0 Å². The van der Waals surface area contributed by atoms with Crippen LogP contribution in [0, 0.1) is 0 Å². The van der Waals surface area contributed by atoms with E-state index in [2.05, 4.69) is 179 Å². The maximum Gasteiger partial charge on any atom is 0.135 e. The molecule has 0 fully saturated rings. The van der Waals surface area contributed by atoms with Gasteiger partial charge in [-0.05, 0) is 95.1 Å². The summed E-state index contributed by atoms with van der Waals surface area (Å²) in [4.78, 5) is 0. The monoisotopic (exact) mass is 650 g/mol. The van der Waals surface area contributed by atoms with Gasteiger partial charge in [-0.25, -0.2) is 0 Å². The smallest absolute Gasteiger partial charge is 0.135 e. The van der Waals surface area contributed by atoms with Crippen molar-refractivity contribution in [2.75, 3.05) is 0 Å². The molecular formula is C48H30N2O. The first kappa shape index (κ1) is 28.0. The van der Waals surface area contributed by atoms with E-state index >= 15 is 0 Å². The van der Waals surface area contributed by atoms with Crippen LogP contribution in [0.2, 0.25) is 0 Å². The van der Waals surface area contributed by atoms with E-state index in [9.17, 15) is 0 Å². The van der Waals surface area contributed by atoms with Crippen LogP contribution in [0.25, 0.3) is 99.2 Å².